The first kappa shape index (κ1) is 20.1. The quantitative estimate of drug-likeness (QED) is 0.564. The highest BCUT2D eigenvalue weighted by Crippen LogP contribution is 2.40. The number of hydrogen-bond donors (Lipinski definition) is 0. The number of likely N-dealkylation sites (tertiary alicyclic amines) is 1. The van der Waals surface area contributed by atoms with Crippen LogP contribution in [0.25, 0.3) is 0 Å². The van der Waals surface area contributed by atoms with Crippen molar-refractivity contribution < 1.29 is 0 Å². The molecule has 4 heteroatoms. The van der Waals surface area contributed by atoms with E-state index in [1.54, 1.807) is 0 Å². The molecule has 2 aliphatic heterocycles. The molecule has 0 saturated carbocycles. The molecule has 2 nitrogen and oxygen atoms in total. The molecular weight excluding hydrogens is 387 g/mol. The SMILES string of the molecule is Cc1cc(C2CN(c3c(Cl)cccc3Cl)C2)cc(C)c1CN1CCC(C)CC1. The van der Waals surface area contributed by atoms with Crippen LogP contribution in [0.5, 0.6) is 0 Å². The average molecular weight is 417 g/mol. The minimum Gasteiger partial charge on any atom is -0.368 e. The first-order valence-corrected chi connectivity index (χ1v) is 11.2. The summed E-state index contributed by atoms with van der Waals surface area (Å²) in [6, 6.07) is 10.6. The molecule has 2 aromatic carbocycles. The predicted octanol–water partition coefficient (Wildman–Crippen LogP) is 6.45. The second-order valence-corrected chi connectivity index (χ2v) is 9.58. The molecule has 0 spiro atoms. The van der Waals surface area contributed by atoms with E-state index >= 15 is 0 Å². The van der Waals surface area contributed by atoms with Gasteiger partial charge in [-0.2, -0.15) is 0 Å². The minimum atomic E-state index is 0.551. The molecule has 0 amide bonds. The molecule has 0 bridgehead atoms. The Morgan fingerprint density at radius 1 is 0.964 bits per heavy atom. The minimum absolute atomic E-state index is 0.551. The number of piperidine rings is 1. The molecule has 28 heavy (non-hydrogen) atoms. The molecule has 0 N–H and O–H groups in total. The lowest BCUT2D eigenvalue weighted by molar-refractivity contribution is 0.184. The van der Waals surface area contributed by atoms with Crippen LogP contribution in [0.15, 0.2) is 30.3 Å². The first-order valence-electron chi connectivity index (χ1n) is 10.4. The van der Waals surface area contributed by atoms with Crippen molar-refractivity contribution in [2.45, 2.75) is 46.1 Å². The Labute approximate surface area is 179 Å². The van der Waals surface area contributed by atoms with Gasteiger partial charge in [0, 0.05) is 25.6 Å². The second kappa shape index (κ2) is 8.26. The molecular formula is C24H30Cl2N2. The fraction of sp³-hybridized carbons (Fsp3) is 0.500. The van der Waals surface area contributed by atoms with Gasteiger partial charge in [-0.3, -0.25) is 4.90 Å². The smallest absolute Gasteiger partial charge is 0.0745 e. The Morgan fingerprint density at radius 3 is 2.11 bits per heavy atom. The standard InChI is InChI=1S/C24H30Cl2N2/c1-16-7-9-27(10-8-16)15-21-17(2)11-19(12-18(21)3)20-13-28(14-20)24-22(25)5-4-6-23(24)26/h4-6,11-12,16,20H,7-10,13-15H2,1-3H3. The topological polar surface area (TPSA) is 6.48 Å². The molecule has 2 aliphatic rings. The summed E-state index contributed by atoms with van der Waals surface area (Å²) < 4.78 is 0. The van der Waals surface area contributed by atoms with Crippen LogP contribution in [0.2, 0.25) is 10.0 Å². The molecule has 2 heterocycles. The fourth-order valence-corrected chi connectivity index (χ4v) is 5.26. The van der Waals surface area contributed by atoms with E-state index in [0.29, 0.717) is 5.92 Å². The molecule has 0 aliphatic carbocycles. The first-order chi connectivity index (χ1) is 13.4. The van der Waals surface area contributed by atoms with E-state index in [-0.39, 0.29) is 0 Å². The van der Waals surface area contributed by atoms with Gasteiger partial charge in [-0.1, -0.05) is 48.3 Å². The van der Waals surface area contributed by atoms with Crippen LogP contribution < -0.4 is 4.90 Å². The maximum Gasteiger partial charge on any atom is 0.0745 e. The third-order valence-electron chi connectivity index (χ3n) is 6.58. The molecule has 150 valence electrons. The summed E-state index contributed by atoms with van der Waals surface area (Å²) in [6.07, 6.45) is 2.66. The summed E-state index contributed by atoms with van der Waals surface area (Å²) in [5, 5.41) is 1.48. The zero-order valence-corrected chi connectivity index (χ0v) is 18.7. The molecule has 0 radical (unpaired) electrons. The summed E-state index contributed by atoms with van der Waals surface area (Å²) in [5.41, 5.74) is 6.81. The summed E-state index contributed by atoms with van der Waals surface area (Å²) in [4.78, 5) is 4.92. The zero-order chi connectivity index (χ0) is 19.8. The average Bonchev–Trinajstić information content (AvgIpc) is 2.61. The summed E-state index contributed by atoms with van der Waals surface area (Å²) in [5.74, 6) is 1.43. The van der Waals surface area contributed by atoms with Crippen molar-refractivity contribution in [1.82, 2.24) is 4.90 Å². The van der Waals surface area contributed by atoms with Crippen LogP contribution >= 0.6 is 23.2 Å². The van der Waals surface area contributed by atoms with Gasteiger partial charge in [0.15, 0.2) is 0 Å². The summed E-state index contributed by atoms with van der Waals surface area (Å²) >= 11 is 12.7. The lowest BCUT2D eigenvalue weighted by atomic mass is 9.86. The number of benzene rings is 2. The fourth-order valence-electron chi connectivity index (χ4n) is 4.62. The molecule has 2 aromatic rings. The number of aryl methyl sites for hydroxylation is 2. The van der Waals surface area contributed by atoms with Crippen LogP contribution in [-0.2, 0) is 6.54 Å². The van der Waals surface area contributed by atoms with Crippen molar-refractivity contribution in [2.75, 3.05) is 31.1 Å². The van der Waals surface area contributed by atoms with E-state index in [1.807, 2.05) is 18.2 Å². The van der Waals surface area contributed by atoms with Gasteiger partial charge in [-0.15, -0.1) is 0 Å². The van der Waals surface area contributed by atoms with Crippen molar-refractivity contribution >= 4 is 28.9 Å². The van der Waals surface area contributed by atoms with Crippen molar-refractivity contribution in [1.29, 1.82) is 0 Å². The van der Waals surface area contributed by atoms with Gasteiger partial charge in [-0.05, 0) is 80.1 Å². The van der Waals surface area contributed by atoms with Crippen LogP contribution in [-0.4, -0.2) is 31.1 Å². The number of para-hydroxylation sites is 1. The lowest BCUT2D eigenvalue weighted by Crippen LogP contribution is -2.45. The Kier molecular flexibility index (Phi) is 5.92. The van der Waals surface area contributed by atoms with Crippen molar-refractivity contribution in [3.05, 3.63) is 62.6 Å². The lowest BCUT2D eigenvalue weighted by Gasteiger charge is -2.42. The Bertz CT molecular complexity index is 806. The molecule has 2 saturated heterocycles. The number of nitrogens with zero attached hydrogens (tertiary/aromatic N) is 2. The van der Waals surface area contributed by atoms with Crippen molar-refractivity contribution in [3.63, 3.8) is 0 Å². The number of anilines is 1. The Hall–Kier alpha value is -1.22. The van der Waals surface area contributed by atoms with Gasteiger partial charge in [0.05, 0.1) is 15.7 Å². The second-order valence-electron chi connectivity index (χ2n) is 8.76. The number of rotatable bonds is 4. The highest BCUT2D eigenvalue weighted by atomic mass is 35.5. The Morgan fingerprint density at radius 2 is 1.54 bits per heavy atom. The number of hydrogen-bond acceptors (Lipinski definition) is 2. The zero-order valence-electron chi connectivity index (χ0n) is 17.1. The normalized spacial score (nSPS) is 19.1. The number of halogens is 2. The third-order valence-corrected chi connectivity index (χ3v) is 7.19. The van der Waals surface area contributed by atoms with Gasteiger partial charge in [-0.25, -0.2) is 0 Å². The van der Waals surface area contributed by atoms with E-state index in [0.717, 1.165) is 41.3 Å². The van der Waals surface area contributed by atoms with Gasteiger partial charge >= 0.3 is 0 Å². The summed E-state index contributed by atoms with van der Waals surface area (Å²) in [7, 11) is 0. The largest absolute Gasteiger partial charge is 0.368 e. The Balaban J connectivity index is 1.44. The molecule has 4 rings (SSSR count). The van der Waals surface area contributed by atoms with Gasteiger partial charge in [0.1, 0.15) is 0 Å². The molecule has 0 unspecified atom stereocenters. The van der Waals surface area contributed by atoms with E-state index in [9.17, 15) is 0 Å². The van der Waals surface area contributed by atoms with E-state index in [2.05, 4.69) is 42.7 Å². The van der Waals surface area contributed by atoms with Crippen molar-refractivity contribution in [2.24, 2.45) is 5.92 Å². The van der Waals surface area contributed by atoms with E-state index in [1.165, 1.54) is 48.2 Å². The summed E-state index contributed by atoms with van der Waals surface area (Å²) in [6.45, 7) is 12.4. The van der Waals surface area contributed by atoms with Crippen LogP contribution in [0.1, 0.15) is 47.9 Å². The van der Waals surface area contributed by atoms with E-state index < -0.39 is 0 Å². The van der Waals surface area contributed by atoms with Crippen LogP contribution in [0.4, 0.5) is 5.69 Å². The van der Waals surface area contributed by atoms with Gasteiger partial charge in [0.2, 0.25) is 0 Å². The maximum atomic E-state index is 6.37. The van der Waals surface area contributed by atoms with Crippen molar-refractivity contribution in [3.8, 4) is 0 Å². The predicted molar refractivity (Wildman–Crippen MR) is 121 cm³/mol. The highest BCUT2D eigenvalue weighted by Gasteiger charge is 2.31. The highest BCUT2D eigenvalue weighted by molar-refractivity contribution is 6.39. The maximum absolute atomic E-state index is 6.37. The molecule has 0 aromatic heterocycles. The van der Waals surface area contributed by atoms with Crippen LogP contribution in [0.3, 0.4) is 0 Å². The van der Waals surface area contributed by atoms with Gasteiger partial charge < -0.3 is 4.90 Å². The molecule has 0 atom stereocenters. The van der Waals surface area contributed by atoms with E-state index in [4.69, 9.17) is 23.2 Å². The van der Waals surface area contributed by atoms with Crippen LogP contribution in [0, 0.1) is 19.8 Å². The van der Waals surface area contributed by atoms with Gasteiger partial charge in [0.25, 0.3) is 0 Å². The molecule has 2 fully saturated rings. The third kappa shape index (κ3) is 4.06. The monoisotopic (exact) mass is 416 g/mol.